The summed E-state index contributed by atoms with van der Waals surface area (Å²) in [4.78, 5) is 9.79. The molecule has 2 heteroatoms. The van der Waals surface area contributed by atoms with Crippen LogP contribution in [0.15, 0.2) is 109 Å². The van der Waals surface area contributed by atoms with Crippen LogP contribution < -0.4 is 0 Å². The predicted molar refractivity (Wildman–Crippen MR) is 154 cm³/mol. The van der Waals surface area contributed by atoms with Crippen LogP contribution in [0.2, 0.25) is 0 Å². The van der Waals surface area contributed by atoms with E-state index in [-0.39, 0.29) is 0 Å². The fraction of sp³-hybridized carbons (Fsp3) is 0.118. The van der Waals surface area contributed by atoms with E-state index in [4.69, 9.17) is 9.97 Å². The summed E-state index contributed by atoms with van der Waals surface area (Å²) in [6.45, 7) is 8.20. The molecule has 0 aliphatic rings. The van der Waals surface area contributed by atoms with Gasteiger partial charge in [0.1, 0.15) is 0 Å². The summed E-state index contributed by atoms with van der Waals surface area (Å²) < 4.78 is 0. The van der Waals surface area contributed by atoms with Crippen molar-refractivity contribution in [1.82, 2.24) is 9.97 Å². The van der Waals surface area contributed by atoms with Gasteiger partial charge >= 0.3 is 0 Å². The normalized spacial score (nSPS) is 10.8. The third-order valence-electron chi connectivity index (χ3n) is 6.41. The summed E-state index contributed by atoms with van der Waals surface area (Å²) in [5, 5.41) is 2.28. The fourth-order valence-electron chi connectivity index (χ4n) is 4.38. The van der Waals surface area contributed by atoms with Crippen molar-refractivity contribution in [3.63, 3.8) is 0 Å². The molecule has 0 aliphatic heterocycles. The van der Waals surface area contributed by atoms with E-state index in [1.165, 1.54) is 22.3 Å². The minimum absolute atomic E-state index is 1.00. The van der Waals surface area contributed by atoms with Gasteiger partial charge in [0.25, 0.3) is 0 Å². The first-order valence-electron chi connectivity index (χ1n) is 12.6. The van der Waals surface area contributed by atoms with Crippen LogP contribution in [0.5, 0.6) is 0 Å². The lowest BCUT2D eigenvalue weighted by Crippen LogP contribution is -1.88. The molecular weight excluding hydrogens is 436 g/mol. The number of benzene rings is 4. The number of nitrogens with zero attached hydrogens (tertiary/aromatic N) is 2. The second-order valence-corrected chi connectivity index (χ2v) is 8.94. The van der Waals surface area contributed by atoms with Crippen molar-refractivity contribution in [2.75, 3.05) is 0 Å². The van der Waals surface area contributed by atoms with Gasteiger partial charge in [0.2, 0.25) is 0 Å². The lowest BCUT2D eigenvalue weighted by molar-refractivity contribution is 1.38. The summed E-state index contributed by atoms with van der Waals surface area (Å²) in [6, 6.07) is 38.6. The molecule has 2 aromatic heterocycles. The van der Waals surface area contributed by atoms with Crippen molar-refractivity contribution < 1.29 is 0 Å². The fourth-order valence-corrected chi connectivity index (χ4v) is 4.38. The molecule has 0 saturated heterocycles. The highest BCUT2D eigenvalue weighted by molar-refractivity contribution is 5.90. The van der Waals surface area contributed by atoms with Crippen molar-refractivity contribution in [3.8, 4) is 33.6 Å². The lowest BCUT2D eigenvalue weighted by Gasteiger charge is -2.08. The minimum atomic E-state index is 1.00. The minimum Gasteiger partial charge on any atom is -0.248 e. The predicted octanol–water partition coefficient (Wildman–Crippen LogP) is 9.43. The van der Waals surface area contributed by atoms with Crippen LogP contribution in [0.1, 0.15) is 25.0 Å². The molecule has 0 unspecified atom stereocenters. The van der Waals surface area contributed by atoms with E-state index >= 15 is 0 Å². The lowest BCUT2D eigenvalue weighted by atomic mass is 10.00. The molecule has 2 heterocycles. The average molecular weight is 467 g/mol. The molecular formula is C34H30N2. The topological polar surface area (TPSA) is 25.8 Å². The van der Waals surface area contributed by atoms with Gasteiger partial charge in [-0.05, 0) is 61.4 Å². The highest BCUT2D eigenvalue weighted by Crippen LogP contribution is 2.29. The van der Waals surface area contributed by atoms with Crippen molar-refractivity contribution in [2.24, 2.45) is 0 Å². The van der Waals surface area contributed by atoms with E-state index in [0.29, 0.717) is 0 Å². The van der Waals surface area contributed by atoms with Crippen LogP contribution in [0.25, 0.3) is 55.4 Å². The van der Waals surface area contributed by atoms with Gasteiger partial charge in [-0.3, -0.25) is 0 Å². The third kappa shape index (κ3) is 4.76. The van der Waals surface area contributed by atoms with Crippen LogP contribution in [-0.2, 0) is 0 Å². The standard InChI is InChI=1S/C32H24N2.C2H6/c1-21-3-7-23(8-4-21)29-17-13-27-19-25(11-15-31(27)33-29)26-12-16-32-28(20-26)14-18-30(34-32)24-9-5-22(2)6-10-24;1-2/h3-20H,1-2H3;1-2H3. The molecule has 0 saturated carbocycles. The first-order chi connectivity index (χ1) is 17.6. The molecule has 0 N–H and O–H groups in total. The number of aromatic nitrogens is 2. The molecule has 0 atom stereocenters. The summed E-state index contributed by atoms with van der Waals surface area (Å²) in [7, 11) is 0. The Morgan fingerprint density at radius 2 is 0.750 bits per heavy atom. The largest absolute Gasteiger partial charge is 0.248 e. The molecule has 0 amide bonds. The third-order valence-corrected chi connectivity index (χ3v) is 6.41. The maximum Gasteiger partial charge on any atom is 0.0709 e. The zero-order valence-corrected chi connectivity index (χ0v) is 21.3. The van der Waals surface area contributed by atoms with Gasteiger partial charge in [-0.2, -0.15) is 0 Å². The Morgan fingerprint density at radius 3 is 1.14 bits per heavy atom. The van der Waals surface area contributed by atoms with Gasteiger partial charge in [0.05, 0.1) is 22.4 Å². The zero-order chi connectivity index (χ0) is 25.1. The van der Waals surface area contributed by atoms with Crippen molar-refractivity contribution in [3.05, 3.63) is 120 Å². The quantitative estimate of drug-likeness (QED) is 0.259. The van der Waals surface area contributed by atoms with Gasteiger partial charge in [-0.25, -0.2) is 9.97 Å². The summed E-state index contributed by atoms with van der Waals surface area (Å²) in [6.07, 6.45) is 0. The van der Waals surface area contributed by atoms with Gasteiger partial charge in [-0.1, -0.05) is 97.8 Å². The van der Waals surface area contributed by atoms with Crippen LogP contribution in [0.3, 0.4) is 0 Å². The molecule has 4 aromatic carbocycles. The number of pyridine rings is 2. The van der Waals surface area contributed by atoms with E-state index in [1.54, 1.807) is 0 Å². The molecule has 0 aliphatic carbocycles. The SMILES string of the molecule is CC.Cc1ccc(-c2ccc3cc(-c4ccc5nc(-c6ccc(C)cc6)ccc5c4)ccc3n2)cc1. The second-order valence-electron chi connectivity index (χ2n) is 8.94. The molecule has 6 rings (SSSR count). The number of aryl methyl sites for hydroxylation is 2. The maximum atomic E-state index is 4.89. The van der Waals surface area contributed by atoms with Crippen molar-refractivity contribution in [2.45, 2.75) is 27.7 Å². The van der Waals surface area contributed by atoms with E-state index in [9.17, 15) is 0 Å². The van der Waals surface area contributed by atoms with E-state index < -0.39 is 0 Å². The monoisotopic (exact) mass is 466 g/mol. The first kappa shape index (κ1) is 23.4. The number of rotatable bonds is 3. The Hall–Kier alpha value is -4.30. The average Bonchev–Trinajstić information content (AvgIpc) is 2.94. The Bertz CT molecular complexity index is 1520. The Balaban J connectivity index is 0.00000130. The molecule has 36 heavy (non-hydrogen) atoms. The van der Waals surface area contributed by atoms with E-state index in [2.05, 4.69) is 123 Å². The number of hydrogen-bond donors (Lipinski definition) is 0. The Kier molecular flexibility index (Phi) is 6.60. The van der Waals surface area contributed by atoms with Gasteiger partial charge in [-0.15, -0.1) is 0 Å². The van der Waals surface area contributed by atoms with Crippen LogP contribution >= 0.6 is 0 Å². The molecule has 0 fully saturated rings. The highest BCUT2D eigenvalue weighted by atomic mass is 14.7. The summed E-state index contributed by atoms with van der Waals surface area (Å²) in [5.74, 6) is 0. The first-order valence-corrected chi connectivity index (χ1v) is 12.6. The van der Waals surface area contributed by atoms with Crippen LogP contribution in [-0.4, -0.2) is 9.97 Å². The maximum absolute atomic E-state index is 4.89. The summed E-state index contributed by atoms with van der Waals surface area (Å²) in [5.41, 5.74) is 11.2. The molecule has 0 radical (unpaired) electrons. The molecule has 0 spiro atoms. The Morgan fingerprint density at radius 1 is 0.389 bits per heavy atom. The molecule has 176 valence electrons. The van der Waals surface area contributed by atoms with Crippen molar-refractivity contribution in [1.29, 1.82) is 0 Å². The molecule has 0 bridgehead atoms. The number of fused-ring (bicyclic) bond motifs is 2. The van der Waals surface area contributed by atoms with Gasteiger partial charge < -0.3 is 0 Å². The zero-order valence-electron chi connectivity index (χ0n) is 21.3. The molecule has 6 aromatic rings. The van der Waals surface area contributed by atoms with Gasteiger partial charge in [0.15, 0.2) is 0 Å². The van der Waals surface area contributed by atoms with Crippen LogP contribution in [0.4, 0.5) is 0 Å². The smallest absolute Gasteiger partial charge is 0.0709 e. The van der Waals surface area contributed by atoms with Crippen molar-refractivity contribution >= 4 is 21.8 Å². The summed E-state index contributed by atoms with van der Waals surface area (Å²) >= 11 is 0. The number of hydrogen-bond acceptors (Lipinski definition) is 2. The second kappa shape index (κ2) is 10.1. The molecule has 2 nitrogen and oxygen atoms in total. The van der Waals surface area contributed by atoms with E-state index in [1.807, 2.05) is 13.8 Å². The highest BCUT2D eigenvalue weighted by Gasteiger charge is 2.07. The van der Waals surface area contributed by atoms with E-state index in [0.717, 1.165) is 44.3 Å². The van der Waals surface area contributed by atoms with Gasteiger partial charge in [0, 0.05) is 21.9 Å². The van der Waals surface area contributed by atoms with Crippen LogP contribution in [0, 0.1) is 13.8 Å². The Labute approximate surface area is 213 Å².